The maximum Gasteiger partial charge on any atom is 0.320 e. The Bertz CT molecular complexity index is 158. The zero-order valence-corrected chi connectivity index (χ0v) is 5.99. The van der Waals surface area contributed by atoms with Crippen molar-refractivity contribution in [3.05, 3.63) is 0 Å². The Balaban J connectivity index is -0.000000500. The number of carboxylic acids is 2. The lowest BCUT2D eigenvalue weighted by molar-refractivity contribution is -0.140. The summed E-state index contributed by atoms with van der Waals surface area (Å²) in [5.74, 6) is -2.02. The van der Waals surface area contributed by atoms with Gasteiger partial charge in [-0.05, 0) is 12.8 Å². The molecule has 0 unspecified atom stereocenters. The van der Waals surface area contributed by atoms with Crippen LogP contribution in [0.3, 0.4) is 0 Å². The van der Waals surface area contributed by atoms with E-state index in [-0.39, 0.29) is 27.7 Å². The minimum absolute atomic E-state index is 0. The van der Waals surface area contributed by atoms with Crippen LogP contribution < -0.4 is 5.73 Å². The normalized spacial score (nSPS) is 10.5. The molecule has 0 aliphatic rings. The minimum atomic E-state index is -1.09. The quantitative estimate of drug-likeness (QED) is 0.602. The van der Waals surface area contributed by atoms with Crippen molar-refractivity contribution in [3.63, 3.8) is 0 Å². The van der Waals surface area contributed by atoms with Crippen LogP contribution in [0.4, 0.5) is 0 Å². The average Bonchev–Trinajstić information content (AvgIpc) is 1.86. The largest absolute Gasteiger partial charge is 0.481 e. The molecule has 0 saturated heterocycles. The van der Waals surface area contributed by atoms with Crippen LogP contribution in [0, 0.1) is 0 Å². The fourth-order valence-corrected chi connectivity index (χ4v) is 0.597. The molecule has 0 aliphatic heterocycles. The van der Waals surface area contributed by atoms with Crippen LogP contribution in [0.25, 0.3) is 0 Å². The average molecular weight is 193 g/mol. The molecule has 0 fully saturated rings. The van der Waals surface area contributed by atoms with Crippen LogP contribution >= 0.6 is 0 Å². The van der Waals surface area contributed by atoms with Crippen molar-refractivity contribution in [2.45, 2.75) is 40.2 Å². The lowest BCUT2D eigenvalue weighted by atomic mass is 10.1. The molecule has 0 aromatic heterocycles. The van der Waals surface area contributed by atoms with Gasteiger partial charge in [0.1, 0.15) is 6.04 Å². The molecular weight excluding hydrogens is 174 g/mol. The number of hydrogen-bond acceptors (Lipinski definition) is 3. The molecular formula is C8H19NO4. The summed E-state index contributed by atoms with van der Waals surface area (Å²) in [6.07, 6.45) is 0.491. The van der Waals surface area contributed by atoms with Gasteiger partial charge in [-0.3, -0.25) is 9.59 Å². The fourth-order valence-electron chi connectivity index (χ4n) is 0.597. The third kappa shape index (κ3) is 10.9. The van der Waals surface area contributed by atoms with E-state index in [0.717, 1.165) is 0 Å². The molecule has 0 rings (SSSR count). The summed E-state index contributed by atoms with van der Waals surface area (Å²) < 4.78 is 0. The van der Waals surface area contributed by atoms with Crippen LogP contribution in [0.2, 0.25) is 0 Å². The minimum Gasteiger partial charge on any atom is -0.481 e. The van der Waals surface area contributed by atoms with E-state index in [1.54, 1.807) is 0 Å². The molecule has 0 radical (unpaired) electrons. The van der Waals surface area contributed by atoms with Crippen molar-refractivity contribution in [2.75, 3.05) is 0 Å². The van der Waals surface area contributed by atoms with Crippen LogP contribution in [0.1, 0.15) is 34.1 Å². The molecule has 4 N–H and O–H groups in total. The van der Waals surface area contributed by atoms with E-state index in [2.05, 4.69) is 0 Å². The van der Waals surface area contributed by atoms with E-state index in [0.29, 0.717) is 6.42 Å². The molecule has 5 heteroatoms. The van der Waals surface area contributed by atoms with Gasteiger partial charge in [-0.2, -0.15) is 0 Å². The Hall–Kier alpha value is -1.10. The summed E-state index contributed by atoms with van der Waals surface area (Å²) in [7, 11) is 0. The highest BCUT2D eigenvalue weighted by Gasteiger charge is 2.10. The van der Waals surface area contributed by atoms with Gasteiger partial charge in [0.05, 0.1) is 0 Å². The number of carbonyl (C=O) groups is 2. The first-order valence-electron chi connectivity index (χ1n) is 3.24. The predicted molar refractivity (Wildman–Crippen MR) is 50.6 cm³/mol. The van der Waals surface area contributed by atoms with E-state index in [1.807, 2.05) is 0 Å². The number of rotatable bonds is 5. The molecule has 13 heavy (non-hydrogen) atoms. The van der Waals surface area contributed by atoms with Gasteiger partial charge in [0.15, 0.2) is 0 Å². The zero-order chi connectivity index (χ0) is 8.85. The molecule has 0 amide bonds. The van der Waals surface area contributed by atoms with E-state index < -0.39 is 18.0 Å². The van der Waals surface area contributed by atoms with Gasteiger partial charge in [-0.25, -0.2) is 0 Å². The van der Waals surface area contributed by atoms with Crippen molar-refractivity contribution in [2.24, 2.45) is 5.73 Å². The first-order valence-corrected chi connectivity index (χ1v) is 3.24. The summed E-state index contributed by atoms with van der Waals surface area (Å²) in [5.41, 5.74) is 5.11. The van der Waals surface area contributed by atoms with Gasteiger partial charge < -0.3 is 15.9 Å². The Morgan fingerprint density at radius 2 is 1.69 bits per heavy atom. The predicted octanol–water partition coefficient (Wildman–Crippen LogP) is 0.925. The highest BCUT2D eigenvalue weighted by molar-refractivity contribution is 5.73. The second-order valence-corrected chi connectivity index (χ2v) is 2.23. The smallest absolute Gasteiger partial charge is 0.320 e. The zero-order valence-electron chi connectivity index (χ0n) is 5.99. The van der Waals surface area contributed by atoms with Crippen LogP contribution in [-0.2, 0) is 9.59 Å². The molecule has 0 aromatic rings. The monoisotopic (exact) mass is 193 g/mol. The third-order valence-corrected chi connectivity index (χ3v) is 1.22. The highest BCUT2D eigenvalue weighted by Crippen LogP contribution is 1.98. The van der Waals surface area contributed by atoms with E-state index in [1.165, 1.54) is 0 Å². The van der Waals surface area contributed by atoms with Gasteiger partial charge in [-0.15, -0.1) is 0 Å². The topological polar surface area (TPSA) is 101 Å². The summed E-state index contributed by atoms with van der Waals surface area (Å²) in [6.45, 7) is 0. The second kappa shape index (κ2) is 8.99. The molecule has 0 spiro atoms. The summed E-state index contributed by atoms with van der Waals surface area (Å²) >= 11 is 0. The number of hydrogen-bond donors (Lipinski definition) is 3. The number of aliphatic carboxylic acids is 2. The first kappa shape index (κ1) is 17.8. The fraction of sp³-hybridized carbons (Fsp3) is 0.750. The van der Waals surface area contributed by atoms with E-state index >= 15 is 0 Å². The van der Waals surface area contributed by atoms with Crippen molar-refractivity contribution in [1.29, 1.82) is 0 Å². The highest BCUT2D eigenvalue weighted by atomic mass is 16.4. The van der Waals surface area contributed by atoms with Gasteiger partial charge in [0.2, 0.25) is 0 Å². The van der Waals surface area contributed by atoms with Gasteiger partial charge in [0.25, 0.3) is 0 Å². The molecule has 0 saturated carbocycles. The Labute approximate surface area is 78.6 Å². The van der Waals surface area contributed by atoms with Crippen molar-refractivity contribution < 1.29 is 19.8 Å². The number of carboxylic acid groups (broad SMARTS) is 2. The summed E-state index contributed by atoms with van der Waals surface area (Å²) in [4.78, 5) is 20.1. The molecule has 1 atom stereocenters. The van der Waals surface area contributed by atoms with Crippen molar-refractivity contribution in [1.82, 2.24) is 0 Å². The summed E-state index contributed by atoms with van der Waals surface area (Å²) in [5, 5.41) is 16.5. The molecule has 0 heterocycles. The SMILES string of the molecule is C.C.N[C@H](CCCC(=O)O)C(=O)O. The lowest BCUT2D eigenvalue weighted by Crippen LogP contribution is -2.29. The van der Waals surface area contributed by atoms with Crippen molar-refractivity contribution >= 4 is 11.9 Å². The van der Waals surface area contributed by atoms with E-state index in [9.17, 15) is 9.59 Å². The molecule has 5 nitrogen and oxygen atoms in total. The van der Waals surface area contributed by atoms with Crippen molar-refractivity contribution in [3.8, 4) is 0 Å². The molecule has 0 bridgehead atoms. The molecule has 80 valence electrons. The van der Waals surface area contributed by atoms with Gasteiger partial charge >= 0.3 is 11.9 Å². The lowest BCUT2D eigenvalue weighted by Gasteiger charge is -2.02. The third-order valence-electron chi connectivity index (χ3n) is 1.22. The van der Waals surface area contributed by atoms with Gasteiger partial charge in [-0.1, -0.05) is 14.9 Å². The maximum atomic E-state index is 10.1. The molecule has 0 aliphatic carbocycles. The Morgan fingerprint density at radius 3 is 2.00 bits per heavy atom. The van der Waals surface area contributed by atoms with Crippen LogP contribution in [-0.4, -0.2) is 28.2 Å². The van der Waals surface area contributed by atoms with Crippen LogP contribution in [0.5, 0.6) is 0 Å². The van der Waals surface area contributed by atoms with Gasteiger partial charge in [0, 0.05) is 6.42 Å². The van der Waals surface area contributed by atoms with E-state index in [4.69, 9.17) is 15.9 Å². The molecule has 0 aromatic carbocycles. The maximum absolute atomic E-state index is 10.1. The standard InChI is InChI=1S/C6H11NO4.2CH4/c7-4(6(10)11)2-1-3-5(8)9;;/h4H,1-3,7H2,(H,8,9)(H,10,11);2*1H4/t4-;;/m1../s1. The second-order valence-electron chi connectivity index (χ2n) is 2.23. The summed E-state index contributed by atoms with van der Waals surface area (Å²) in [6, 6.07) is -0.936. The van der Waals surface area contributed by atoms with Crippen LogP contribution in [0.15, 0.2) is 0 Å². The Morgan fingerprint density at radius 1 is 1.23 bits per heavy atom. The number of nitrogens with two attached hydrogens (primary N) is 1. The Kier molecular flexibility index (Phi) is 12.3. The first-order chi connectivity index (χ1) is 5.04.